The van der Waals surface area contributed by atoms with E-state index in [-0.39, 0.29) is 12.2 Å². The average Bonchev–Trinajstić information content (AvgIpc) is 2.80. The van der Waals surface area contributed by atoms with Crippen molar-refractivity contribution in [3.63, 3.8) is 0 Å². The number of aldehydes is 1. The summed E-state index contributed by atoms with van der Waals surface area (Å²) in [6.45, 7) is 0.0950. The molecule has 5 heteroatoms. The fourth-order valence-corrected chi connectivity index (χ4v) is 1.97. The van der Waals surface area contributed by atoms with E-state index in [2.05, 4.69) is 0 Å². The molecule has 0 atom stereocenters. The summed E-state index contributed by atoms with van der Waals surface area (Å²) in [7, 11) is 0. The van der Waals surface area contributed by atoms with Crippen molar-refractivity contribution >= 4 is 17.6 Å². The van der Waals surface area contributed by atoms with Crippen LogP contribution in [0.2, 0.25) is 0 Å². The highest BCUT2D eigenvalue weighted by Gasteiger charge is 2.12. The zero-order valence-corrected chi connectivity index (χ0v) is 9.47. The van der Waals surface area contributed by atoms with Gasteiger partial charge in [-0.2, -0.15) is 11.3 Å². The van der Waals surface area contributed by atoms with E-state index in [0.717, 1.165) is 17.7 Å². The fraction of sp³-hybridized carbons (Fsp3) is 0.0833. The minimum absolute atomic E-state index is 0.0529. The molecule has 0 amide bonds. The van der Waals surface area contributed by atoms with Gasteiger partial charge in [0, 0.05) is 5.56 Å². The standard InChI is InChI=1S/C12H8F2O2S/c13-10-3-9(5-15)4-11(14)12(10)16-6-8-1-2-17-7-8/h1-5,7H,6H2. The molecule has 0 saturated heterocycles. The molecule has 0 N–H and O–H groups in total. The van der Waals surface area contributed by atoms with E-state index < -0.39 is 17.4 Å². The first-order valence-corrected chi connectivity index (χ1v) is 5.73. The molecule has 0 saturated carbocycles. The van der Waals surface area contributed by atoms with Gasteiger partial charge in [0.2, 0.25) is 0 Å². The highest BCUT2D eigenvalue weighted by molar-refractivity contribution is 7.07. The maximum absolute atomic E-state index is 13.4. The van der Waals surface area contributed by atoms with Gasteiger partial charge in [0.15, 0.2) is 17.4 Å². The van der Waals surface area contributed by atoms with Crippen LogP contribution in [0.4, 0.5) is 8.78 Å². The number of benzene rings is 1. The van der Waals surface area contributed by atoms with Crippen molar-refractivity contribution in [1.82, 2.24) is 0 Å². The van der Waals surface area contributed by atoms with Crippen LogP contribution in [-0.4, -0.2) is 6.29 Å². The summed E-state index contributed by atoms with van der Waals surface area (Å²) in [4.78, 5) is 10.4. The predicted molar refractivity (Wildman–Crippen MR) is 60.4 cm³/mol. The molecule has 2 aromatic rings. The van der Waals surface area contributed by atoms with Gasteiger partial charge in [-0.05, 0) is 34.5 Å². The summed E-state index contributed by atoms with van der Waals surface area (Å²) < 4.78 is 31.9. The molecular formula is C12H8F2O2S. The Kier molecular flexibility index (Phi) is 3.49. The summed E-state index contributed by atoms with van der Waals surface area (Å²) >= 11 is 1.48. The number of carbonyl (C=O) groups excluding carboxylic acids is 1. The lowest BCUT2D eigenvalue weighted by atomic mass is 10.2. The second-order valence-electron chi connectivity index (χ2n) is 3.35. The number of carbonyl (C=O) groups is 1. The summed E-state index contributed by atoms with van der Waals surface area (Å²) in [5.74, 6) is -2.20. The van der Waals surface area contributed by atoms with E-state index in [1.807, 2.05) is 10.8 Å². The van der Waals surface area contributed by atoms with Gasteiger partial charge in [0.05, 0.1) is 0 Å². The van der Waals surface area contributed by atoms with Crippen molar-refractivity contribution in [3.05, 3.63) is 51.7 Å². The van der Waals surface area contributed by atoms with E-state index >= 15 is 0 Å². The molecule has 0 spiro atoms. The van der Waals surface area contributed by atoms with E-state index in [0.29, 0.717) is 6.29 Å². The van der Waals surface area contributed by atoms with Crippen molar-refractivity contribution < 1.29 is 18.3 Å². The zero-order chi connectivity index (χ0) is 12.3. The third-order valence-electron chi connectivity index (χ3n) is 2.12. The molecule has 0 bridgehead atoms. The zero-order valence-electron chi connectivity index (χ0n) is 8.65. The van der Waals surface area contributed by atoms with E-state index in [1.165, 1.54) is 11.3 Å². The first kappa shape index (κ1) is 11.7. The Morgan fingerprint density at radius 1 is 1.29 bits per heavy atom. The number of halogens is 2. The molecule has 2 nitrogen and oxygen atoms in total. The van der Waals surface area contributed by atoms with Crippen LogP contribution in [0, 0.1) is 11.6 Å². The first-order valence-electron chi connectivity index (χ1n) is 4.79. The van der Waals surface area contributed by atoms with E-state index in [4.69, 9.17) is 4.74 Å². The van der Waals surface area contributed by atoms with Crippen molar-refractivity contribution in [1.29, 1.82) is 0 Å². The average molecular weight is 254 g/mol. The number of rotatable bonds is 4. The second kappa shape index (κ2) is 5.05. The van der Waals surface area contributed by atoms with Crippen LogP contribution in [-0.2, 0) is 6.61 Å². The third kappa shape index (κ3) is 2.68. The van der Waals surface area contributed by atoms with Crippen LogP contribution < -0.4 is 4.74 Å². The topological polar surface area (TPSA) is 26.3 Å². The molecule has 2 rings (SSSR count). The molecule has 1 aromatic carbocycles. The van der Waals surface area contributed by atoms with Crippen LogP contribution in [0.3, 0.4) is 0 Å². The van der Waals surface area contributed by atoms with Crippen molar-refractivity contribution in [2.75, 3.05) is 0 Å². The van der Waals surface area contributed by atoms with Gasteiger partial charge in [-0.1, -0.05) is 0 Å². The molecule has 0 radical (unpaired) electrons. The third-order valence-corrected chi connectivity index (χ3v) is 2.85. The van der Waals surface area contributed by atoms with E-state index in [1.54, 1.807) is 6.07 Å². The van der Waals surface area contributed by atoms with Crippen LogP contribution in [0.1, 0.15) is 15.9 Å². The number of hydrogen-bond acceptors (Lipinski definition) is 3. The van der Waals surface area contributed by atoms with Gasteiger partial charge in [0.25, 0.3) is 0 Å². The normalized spacial score (nSPS) is 10.2. The summed E-state index contributed by atoms with van der Waals surface area (Å²) in [6.07, 6.45) is 0.384. The van der Waals surface area contributed by atoms with Gasteiger partial charge in [-0.25, -0.2) is 8.78 Å². The molecular weight excluding hydrogens is 246 g/mol. The summed E-state index contributed by atoms with van der Waals surface area (Å²) in [5.41, 5.74) is 0.788. The van der Waals surface area contributed by atoms with Crippen LogP contribution >= 0.6 is 11.3 Å². The minimum atomic E-state index is -0.873. The largest absolute Gasteiger partial charge is 0.483 e. The van der Waals surface area contributed by atoms with Gasteiger partial charge in [-0.3, -0.25) is 4.79 Å². The smallest absolute Gasteiger partial charge is 0.191 e. The molecule has 0 aliphatic carbocycles. The number of thiophene rings is 1. The van der Waals surface area contributed by atoms with Crippen LogP contribution in [0.15, 0.2) is 29.0 Å². The van der Waals surface area contributed by atoms with Gasteiger partial charge < -0.3 is 4.74 Å². The van der Waals surface area contributed by atoms with Gasteiger partial charge in [-0.15, -0.1) is 0 Å². The maximum atomic E-state index is 13.4. The Hall–Kier alpha value is -1.75. The molecule has 0 aliphatic heterocycles. The Balaban J connectivity index is 2.18. The Morgan fingerprint density at radius 2 is 2.00 bits per heavy atom. The highest BCUT2D eigenvalue weighted by Crippen LogP contribution is 2.24. The quantitative estimate of drug-likeness (QED) is 0.781. The number of ether oxygens (including phenoxy) is 1. The first-order chi connectivity index (χ1) is 8.20. The van der Waals surface area contributed by atoms with Crippen molar-refractivity contribution in [2.45, 2.75) is 6.61 Å². The molecule has 0 fully saturated rings. The number of hydrogen-bond donors (Lipinski definition) is 0. The molecule has 17 heavy (non-hydrogen) atoms. The Morgan fingerprint density at radius 3 is 2.53 bits per heavy atom. The monoisotopic (exact) mass is 254 g/mol. The lowest BCUT2D eigenvalue weighted by molar-refractivity contribution is 0.112. The lowest BCUT2D eigenvalue weighted by Gasteiger charge is -2.07. The predicted octanol–water partition coefficient (Wildman–Crippen LogP) is 3.42. The highest BCUT2D eigenvalue weighted by atomic mass is 32.1. The Labute approximate surface area is 100 Å². The maximum Gasteiger partial charge on any atom is 0.191 e. The van der Waals surface area contributed by atoms with Crippen LogP contribution in [0.5, 0.6) is 5.75 Å². The summed E-state index contributed by atoms with van der Waals surface area (Å²) in [6, 6.07) is 3.69. The molecule has 0 unspecified atom stereocenters. The fourth-order valence-electron chi connectivity index (χ4n) is 1.32. The lowest BCUT2D eigenvalue weighted by Crippen LogP contribution is -2.00. The van der Waals surface area contributed by atoms with E-state index in [9.17, 15) is 13.6 Å². The van der Waals surface area contributed by atoms with Crippen molar-refractivity contribution in [2.24, 2.45) is 0 Å². The SMILES string of the molecule is O=Cc1cc(F)c(OCc2ccsc2)c(F)c1. The second-order valence-corrected chi connectivity index (χ2v) is 4.13. The van der Waals surface area contributed by atoms with Gasteiger partial charge >= 0.3 is 0 Å². The van der Waals surface area contributed by atoms with Crippen molar-refractivity contribution in [3.8, 4) is 5.75 Å². The summed E-state index contributed by atoms with van der Waals surface area (Å²) in [5, 5.41) is 3.68. The molecule has 0 aliphatic rings. The van der Waals surface area contributed by atoms with Crippen LogP contribution in [0.25, 0.3) is 0 Å². The van der Waals surface area contributed by atoms with Gasteiger partial charge in [0.1, 0.15) is 12.9 Å². The minimum Gasteiger partial charge on any atom is -0.483 e. The molecule has 1 heterocycles. The molecule has 88 valence electrons. The molecule has 1 aromatic heterocycles. The Bertz CT molecular complexity index is 500.